The molecule has 1 amide bonds. The molecule has 0 saturated heterocycles. The summed E-state index contributed by atoms with van der Waals surface area (Å²) < 4.78 is 7.66. The first-order valence-corrected chi connectivity index (χ1v) is 12.5. The number of hydrogen-bond donors (Lipinski definition) is 1. The molecule has 3 aromatic carbocycles. The van der Waals surface area contributed by atoms with Gasteiger partial charge in [0, 0.05) is 13.1 Å². The smallest absolute Gasteiger partial charge is 0.233 e. The van der Waals surface area contributed by atoms with Crippen LogP contribution in [0.1, 0.15) is 23.6 Å². The summed E-state index contributed by atoms with van der Waals surface area (Å²) in [6, 6.07) is 26.3. The van der Waals surface area contributed by atoms with Crippen molar-refractivity contribution in [1.29, 1.82) is 0 Å². The molecule has 180 valence electrons. The minimum Gasteiger partial charge on any atom is -0.496 e. The van der Waals surface area contributed by atoms with Crippen LogP contribution >= 0.6 is 11.8 Å². The van der Waals surface area contributed by atoms with Gasteiger partial charge in [-0.15, -0.1) is 10.2 Å². The maximum atomic E-state index is 12.8. The van der Waals surface area contributed by atoms with E-state index in [9.17, 15) is 4.79 Å². The summed E-state index contributed by atoms with van der Waals surface area (Å²) in [6.45, 7) is 5.13. The monoisotopic (exact) mass is 486 g/mol. The zero-order valence-corrected chi connectivity index (χ0v) is 21.1. The van der Waals surface area contributed by atoms with Crippen molar-refractivity contribution in [2.75, 3.05) is 7.11 Å². The van der Waals surface area contributed by atoms with Gasteiger partial charge in [-0.2, -0.15) is 0 Å². The highest BCUT2D eigenvalue weighted by Gasteiger charge is 2.22. The summed E-state index contributed by atoms with van der Waals surface area (Å²) in [7, 11) is 1.65. The van der Waals surface area contributed by atoms with Crippen LogP contribution in [0, 0.1) is 6.92 Å². The van der Waals surface area contributed by atoms with Crippen molar-refractivity contribution in [2.24, 2.45) is 0 Å². The standard InChI is InChI=1S/C28H30N4O2S/c1-20-13-15-23(16-14-20)19-29-27(33)21(2)35-28-31-30-26(24-11-7-8-12-25(24)34-3)32(28)18-17-22-9-5-4-6-10-22/h4-16,21H,17-19H2,1-3H3,(H,29,33). The number of rotatable bonds is 10. The fraction of sp³-hybridized carbons (Fsp3) is 0.250. The second kappa shape index (κ2) is 11.7. The van der Waals surface area contributed by atoms with Crippen LogP contribution in [0.3, 0.4) is 0 Å². The number of para-hydroxylation sites is 1. The number of nitrogens with one attached hydrogen (secondary N) is 1. The van der Waals surface area contributed by atoms with E-state index in [0.717, 1.165) is 29.1 Å². The lowest BCUT2D eigenvalue weighted by Crippen LogP contribution is -2.30. The highest BCUT2D eigenvalue weighted by Crippen LogP contribution is 2.32. The van der Waals surface area contributed by atoms with Crippen LogP contribution in [0.2, 0.25) is 0 Å². The molecule has 0 bridgehead atoms. The molecule has 0 spiro atoms. The number of nitrogens with zero attached hydrogens (tertiary/aromatic N) is 3. The highest BCUT2D eigenvalue weighted by atomic mass is 32.2. The van der Waals surface area contributed by atoms with Gasteiger partial charge in [0.15, 0.2) is 11.0 Å². The molecule has 0 aliphatic rings. The first kappa shape index (κ1) is 24.5. The maximum Gasteiger partial charge on any atom is 0.233 e. The summed E-state index contributed by atoms with van der Waals surface area (Å²) in [4.78, 5) is 12.8. The molecule has 0 saturated carbocycles. The van der Waals surface area contributed by atoms with Crippen molar-refractivity contribution in [3.05, 3.63) is 95.6 Å². The third-order valence-corrected chi connectivity index (χ3v) is 6.85. The van der Waals surface area contributed by atoms with Crippen LogP contribution in [0.15, 0.2) is 84.0 Å². The molecular weight excluding hydrogens is 456 g/mol. The Bertz CT molecular complexity index is 1260. The van der Waals surface area contributed by atoms with E-state index in [-0.39, 0.29) is 11.2 Å². The van der Waals surface area contributed by atoms with Crippen LogP contribution < -0.4 is 10.1 Å². The predicted octanol–water partition coefficient (Wildman–Crippen LogP) is 5.30. The van der Waals surface area contributed by atoms with Gasteiger partial charge in [0.2, 0.25) is 5.91 Å². The third-order valence-electron chi connectivity index (χ3n) is 5.77. The van der Waals surface area contributed by atoms with E-state index >= 15 is 0 Å². The van der Waals surface area contributed by atoms with Crippen LogP contribution in [0.5, 0.6) is 5.75 Å². The SMILES string of the molecule is COc1ccccc1-c1nnc(SC(C)C(=O)NCc2ccc(C)cc2)n1CCc1ccccc1. The van der Waals surface area contributed by atoms with E-state index < -0.39 is 0 Å². The van der Waals surface area contributed by atoms with Gasteiger partial charge >= 0.3 is 0 Å². The number of aromatic nitrogens is 3. The summed E-state index contributed by atoms with van der Waals surface area (Å²) in [5.74, 6) is 1.43. The van der Waals surface area contributed by atoms with Crippen molar-refractivity contribution < 1.29 is 9.53 Å². The Labute approximate surface area is 210 Å². The molecule has 1 N–H and O–H groups in total. The summed E-state index contributed by atoms with van der Waals surface area (Å²) >= 11 is 1.42. The largest absolute Gasteiger partial charge is 0.496 e. The molecule has 1 atom stereocenters. The molecule has 4 rings (SSSR count). The molecule has 4 aromatic rings. The van der Waals surface area contributed by atoms with E-state index in [4.69, 9.17) is 4.74 Å². The first-order chi connectivity index (χ1) is 17.0. The van der Waals surface area contributed by atoms with E-state index in [1.807, 2.05) is 80.6 Å². The van der Waals surface area contributed by atoms with Gasteiger partial charge in [-0.3, -0.25) is 4.79 Å². The van der Waals surface area contributed by atoms with Crippen LogP contribution in [0.25, 0.3) is 11.4 Å². The Morgan fingerprint density at radius 2 is 1.69 bits per heavy atom. The van der Waals surface area contributed by atoms with Crippen LogP contribution in [-0.4, -0.2) is 33.0 Å². The summed E-state index contributed by atoms with van der Waals surface area (Å²) in [5.41, 5.74) is 4.38. The lowest BCUT2D eigenvalue weighted by atomic mass is 10.1. The lowest BCUT2D eigenvalue weighted by Gasteiger charge is -2.15. The fourth-order valence-corrected chi connectivity index (χ4v) is 4.64. The molecule has 0 radical (unpaired) electrons. The van der Waals surface area contributed by atoms with Crippen LogP contribution in [0.4, 0.5) is 0 Å². The number of carbonyl (C=O) groups excluding carboxylic acids is 1. The highest BCUT2D eigenvalue weighted by molar-refractivity contribution is 8.00. The van der Waals surface area contributed by atoms with Gasteiger partial charge in [0.25, 0.3) is 0 Å². The van der Waals surface area contributed by atoms with E-state index in [2.05, 4.69) is 32.2 Å². The van der Waals surface area contributed by atoms with Gasteiger partial charge < -0.3 is 14.6 Å². The Hall–Kier alpha value is -3.58. The quantitative estimate of drug-likeness (QED) is 0.308. The second-order valence-corrected chi connectivity index (χ2v) is 9.67. The molecule has 1 aromatic heterocycles. The molecule has 35 heavy (non-hydrogen) atoms. The zero-order valence-electron chi connectivity index (χ0n) is 20.3. The van der Waals surface area contributed by atoms with Crippen molar-refractivity contribution in [3.63, 3.8) is 0 Å². The molecule has 0 fully saturated rings. The summed E-state index contributed by atoms with van der Waals surface area (Å²) in [6.07, 6.45) is 0.822. The zero-order chi connectivity index (χ0) is 24.6. The third kappa shape index (κ3) is 6.31. The van der Waals surface area contributed by atoms with Crippen molar-refractivity contribution in [2.45, 2.75) is 43.8 Å². The normalized spacial score (nSPS) is 11.7. The Morgan fingerprint density at radius 3 is 2.43 bits per heavy atom. The number of amides is 1. The number of hydrogen-bond acceptors (Lipinski definition) is 5. The number of thioether (sulfide) groups is 1. The molecule has 6 nitrogen and oxygen atoms in total. The van der Waals surface area contributed by atoms with Crippen LogP contribution in [-0.2, 0) is 24.3 Å². The minimum atomic E-state index is -0.328. The molecule has 0 aliphatic carbocycles. The molecular formula is C28H30N4O2S. The maximum absolute atomic E-state index is 12.8. The molecule has 0 aliphatic heterocycles. The van der Waals surface area contributed by atoms with Gasteiger partial charge in [0.1, 0.15) is 5.75 Å². The first-order valence-electron chi connectivity index (χ1n) is 11.7. The Balaban J connectivity index is 1.53. The lowest BCUT2D eigenvalue weighted by molar-refractivity contribution is -0.120. The van der Waals surface area contributed by atoms with Gasteiger partial charge in [-0.1, -0.05) is 84.1 Å². The van der Waals surface area contributed by atoms with Gasteiger partial charge in [-0.05, 0) is 43.5 Å². The number of aryl methyl sites for hydroxylation is 2. The summed E-state index contributed by atoms with van der Waals surface area (Å²) in [5, 5.41) is 12.4. The Morgan fingerprint density at radius 1 is 0.971 bits per heavy atom. The van der Waals surface area contributed by atoms with Crippen molar-refractivity contribution >= 4 is 17.7 Å². The van der Waals surface area contributed by atoms with Crippen molar-refractivity contribution in [1.82, 2.24) is 20.1 Å². The molecule has 1 heterocycles. The van der Waals surface area contributed by atoms with Gasteiger partial charge in [-0.25, -0.2) is 0 Å². The number of methoxy groups -OCH3 is 1. The van der Waals surface area contributed by atoms with E-state index in [1.165, 1.54) is 22.9 Å². The van der Waals surface area contributed by atoms with Gasteiger partial charge in [0.05, 0.1) is 17.9 Å². The van der Waals surface area contributed by atoms with E-state index in [1.54, 1.807) is 7.11 Å². The number of ether oxygens (including phenoxy) is 1. The van der Waals surface area contributed by atoms with Crippen molar-refractivity contribution in [3.8, 4) is 17.1 Å². The fourth-order valence-electron chi connectivity index (χ4n) is 3.74. The number of carbonyl (C=O) groups is 1. The predicted molar refractivity (Wildman–Crippen MR) is 141 cm³/mol. The topological polar surface area (TPSA) is 69.0 Å². The molecule has 1 unspecified atom stereocenters. The average molecular weight is 487 g/mol. The average Bonchev–Trinajstić information content (AvgIpc) is 3.29. The molecule has 7 heteroatoms. The van der Waals surface area contributed by atoms with E-state index in [0.29, 0.717) is 18.2 Å². The minimum absolute atomic E-state index is 0.0352. The second-order valence-electron chi connectivity index (χ2n) is 8.36. The Kier molecular flexibility index (Phi) is 8.21. The number of benzene rings is 3.